The van der Waals surface area contributed by atoms with Crippen LogP contribution >= 0.6 is 0 Å². The lowest BCUT2D eigenvalue weighted by atomic mass is 10.0. The molecule has 0 radical (unpaired) electrons. The molecule has 156 valence electrons. The van der Waals surface area contributed by atoms with Gasteiger partial charge in [-0.2, -0.15) is 0 Å². The minimum atomic E-state index is -2.97. The lowest BCUT2D eigenvalue weighted by Crippen LogP contribution is -2.44. The number of benzene rings is 1. The van der Waals surface area contributed by atoms with Crippen molar-refractivity contribution >= 4 is 19.3 Å². The van der Waals surface area contributed by atoms with E-state index >= 15 is 0 Å². The molecule has 0 spiro atoms. The van der Waals surface area contributed by atoms with E-state index in [1.165, 1.54) is 6.07 Å². The first kappa shape index (κ1) is 24.2. The van der Waals surface area contributed by atoms with E-state index in [4.69, 9.17) is 4.43 Å². The monoisotopic (exact) mass is 423 g/mol. The van der Waals surface area contributed by atoms with Crippen LogP contribution in [-0.4, -0.2) is 17.3 Å². The van der Waals surface area contributed by atoms with Gasteiger partial charge in [-0.05, 0) is 58.0 Å². The van der Waals surface area contributed by atoms with Crippen LogP contribution in [0.5, 0.6) is 5.75 Å². The normalized spacial score (nSPS) is 15.7. The average Bonchev–Trinajstić information content (AvgIpc) is 2.45. The van der Waals surface area contributed by atoms with E-state index < -0.39 is 47.9 Å². The molecule has 1 N–H and O–H groups in total. The Hall–Kier alpha value is -0.863. The van der Waals surface area contributed by atoms with Gasteiger partial charge in [0.25, 0.3) is 6.43 Å². The quantitative estimate of drug-likeness (QED) is 0.548. The number of hydrogen-bond donors (Lipinski definition) is 1. The van der Waals surface area contributed by atoms with Gasteiger partial charge in [0.2, 0.25) is 8.32 Å². The summed E-state index contributed by atoms with van der Waals surface area (Å²) in [6.45, 7) is 17.0. The minimum absolute atomic E-state index is 0.0270. The molecule has 0 amide bonds. The first-order valence-corrected chi connectivity index (χ1v) is 13.0. The molecule has 0 fully saturated rings. The smallest absolute Gasteiger partial charge is 0.266 e. The predicted molar refractivity (Wildman–Crippen MR) is 109 cm³/mol. The molecule has 0 aliphatic heterocycles. The Morgan fingerprint density at radius 3 is 1.96 bits per heavy atom. The Labute approximate surface area is 164 Å². The number of nitrogens with one attached hydrogen (secondary N) is 1. The highest BCUT2D eigenvalue weighted by Gasteiger charge is 2.39. The topological polar surface area (TPSA) is 38.3 Å². The van der Waals surface area contributed by atoms with Crippen LogP contribution in [-0.2, 0) is 11.0 Å². The third kappa shape index (κ3) is 6.06. The Bertz CT molecular complexity index is 697. The van der Waals surface area contributed by atoms with Crippen molar-refractivity contribution in [1.29, 1.82) is 0 Å². The van der Waals surface area contributed by atoms with Crippen molar-refractivity contribution in [2.45, 2.75) is 83.8 Å². The fourth-order valence-electron chi connectivity index (χ4n) is 2.02. The highest BCUT2D eigenvalue weighted by atomic mass is 32.2. The van der Waals surface area contributed by atoms with Crippen LogP contribution in [0.4, 0.5) is 13.2 Å². The molecule has 8 heteroatoms. The zero-order valence-electron chi connectivity index (χ0n) is 17.7. The molecule has 0 saturated carbocycles. The van der Waals surface area contributed by atoms with E-state index in [2.05, 4.69) is 4.72 Å². The van der Waals surface area contributed by atoms with Crippen molar-refractivity contribution in [3.05, 3.63) is 29.1 Å². The third-order valence-corrected chi connectivity index (χ3v) is 10.9. The van der Waals surface area contributed by atoms with Crippen LogP contribution in [0, 0.1) is 5.82 Å². The van der Waals surface area contributed by atoms with Crippen LogP contribution in [0.1, 0.15) is 72.1 Å². The first-order valence-electron chi connectivity index (χ1n) is 8.96. The van der Waals surface area contributed by atoms with Gasteiger partial charge >= 0.3 is 0 Å². The van der Waals surface area contributed by atoms with Gasteiger partial charge in [0.15, 0.2) is 0 Å². The maximum atomic E-state index is 14.7. The lowest BCUT2D eigenvalue weighted by molar-refractivity contribution is 0.145. The Balaban J connectivity index is 3.36. The van der Waals surface area contributed by atoms with E-state index in [9.17, 15) is 17.4 Å². The standard InChI is InChI=1S/C19H32F3NO2SSi/c1-12(23-26(24)18(2,3)4)14-10-13(11-15(16(14)20)17(21)22)25-27(8,9)19(5,6)7/h10-12,17,23H,1-9H3/t12-,26-/m1/s1. The molecule has 0 unspecified atom stereocenters. The number of hydrogen-bond acceptors (Lipinski definition) is 2. The van der Waals surface area contributed by atoms with E-state index in [1.807, 2.05) is 33.9 Å². The molecule has 3 nitrogen and oxygen atoms in total. The molecule has 1 aromatic rings. The molecule has 0 saturated heterocycles. The number of halogens is 3. The zero-order valence-corrected chi connectivity index (χ0v) is 19.5. The summed E-state index contributed by atoms with van der Waals surface area (Å²) < 4.78 is 62.2. The molecule has 0 heterocycles. The summed E-state index contributed by atoms with van der Waals surface area (Å²) in [4.78, 5) is 0. The summed E-state index contributed by atoms with van der Waals surface area (Å²) in [5, 5.41) is -0.135. The van der Waals surface area contributed by atoms with E-state index in [1.54, 1.807) is 27.7 Å². The highest BCUT2D eigenvalue weighted by molar-refractivity contribution is 7.84. The van der Waals surface area contributed by atoms with Gasteiger partial charge in [0, 0.05) is 11.6 Å². The fraction of sp³-hybridized carbons (Fsp3) is 0.684. The Morgan fingerprint density at radius 1 is 1.07 bits per heavy atom. The van der Waals surface area contributed by atoms with Crippen molar-refractivity contribution < 1.29 is 21.8 Å². The van der Waals surface area contributed by atoms with Gasteiger partial charge in [0.05, 0.1) is 21.3 Å². The summed E-state index contributed by atoms with van der Waals surface area (Å²) in [7, 11) is -3.76. The fourth-order valence-corrected chi connectivity index (χ4v) is 3.84. The Morgan fingerprint density at radius 2 is 1.56 bits per heavy atom. The summed E-state index contributed by atoms with van der Waals surface area (Å²) in [6.07, 6.45) is -2.97. The number of alkyl halides is 2. The summed E-state index contributed by atoms with van der Waals surface area (Å²) in [6, 6.07) is 1.81. The van der Waals surface area contributed by atoms with Crippen LogP contribution in [0.3, 0.4) is 0 Å². The molecule has 0 aliphatic carbocycles. The minimum Gasteiger partial charge on any atom is -0.543 e. The molecule has 0 aromatic heterocycles. The van der Waals surface area contributed by atoms with Crippen molar-refractivity contribution in [1.82, 2.24) is 4.72 Å². The van der Waals surface area contributed by atoms with E-state index in [-0.39, 0.29) is 16.4 Å². The number of rotatable bonds is 6. The van der Waals surface area contributed by atoms with Gasteiger partial charge in [-0.1, -0.05) is 20.8 Å². The summed E-state index contributed by atoms with van der Waals surface area (Å²) in [5.74, 6) is -0.762. The molecule has 0 bridgehead atoms. The molecule has 2 atom stereocenters. The van der Waals surface area contributed by atoms with Crippen molar-refractivity contribution in [3.63, 3.8) is 0 Å². The van der Waals surface area contributed by atoms with Crippen LogP contribution in [0.15, 0.2) is 12.1 Å². The lowest BCUT2D eigenvalue weighted by Gasteiger charge is -2.36. The molecule has 0 aliphatic rings. The van der Waals surface area contributed by atoms with Gasteiger partial charge in [-0.25, -0.2) is 22.1 Å². The highest BCUT2D eigenvalue weighted by Crippen LogP contribution is 2.39. The molecular weight excluding hydrogens is 391 g/mol. The zero-order chi connectivity index (χ0) is 21.4. The Kier molecular flexibility index (Phi) is 7.39. The van der Waals surface area contributed by atoms with Crippen molar-refractivity contribution in [3.8, 4) is 5.75 Å². The van der Waals surface area contributed by atoms with E-state index in [0.29, 0.717) is 0 Å². The predicted octanol–water partition coefficient (Wildman–Crippen LogP) is 6.26. The first-order chi connectivity index (χ1) is 12.0. The van der Waals surface area contributed by atoms with Gasteiger partial charge in [0.1, 0.15) is 11.6 Å². The van der Waals surface area contributed by atoms with Gasteiger partial charge in [-0.15, -0.1) is 0 Å². The van der Waals surface area contributed by atoms with Crippen LogP contribution in [0.25, 0.3) is 0 Å². The average molecular weight is 424 g/mol. The molecule has 1 rings (SSSR count). The van der Waals surface area contributed by atoms with Crippen LogP contribution < -0.4 is 9.15 Å². The molecule has 27 heavy (non-hydrogen) atoms. The maximum absolute atomic E-state index is 14.7. The molecule has 1 aromatic carbocycles. The van der Waals surface area contributed by atoms with Crippen molar-refractivity contribution in [2.24, 2.45) is 0 Å². The molecular formula is C19H32F3NO2SSi. The third-order valence-electron chi connectivity index (χ3n) is 4.82. The second-order valence-corrected chi connectivity index (χ2v) is 16.0. The maximum Gasteiger partial charge on any atom is 0.266 e. The van der Waals surface area contributed by atoms with E-state index in [0.717, 1.165) is 6.07 Å². The second kappa shape index (κ2) is 8.25. The van der Waals surface area contributed by atoms with Gasteiger partial charge in [-0.3, -0.25) is 0 Å². The summed E-state index contributed by atoms with van der Waals surface area (Å²) in [5.41, 5.74) is -0.671. The largest absolute Gasteiger partial charge is 0.543 e. The van der Waals surface area contributed by atoms with Crippen LogP contribution in [0.2, 0.25) is 18.1 Å². The summed E-state index contributed by atoms with van der Waals surface area (Å²) >= 11 is 0. The van der Waals surface area contributed by atoms with Crippen molar-refractivity contribution in [2.75, 3.05) is 0 Å². The SMILES string of the molecule is C[C@@H](N[S@](=O)C(C)(C)C)c1cc(O[Si](C)(C)C(C)(C)C)cc(C(F)F)c1F. The van der Waals surface area contributed by atoms with Gasteiger partial charge < -0.3 is 4.43 Å². The second-order valence-electron chi connectivity index (χ2n) is 9.30.